The Morgan fingerprint density at radius 3 is 2.64 bits per heavy atom. The number of hydrogen-bond donors (Lipinski definition) is 0. The first kappa shape index (κ1) is 26.1. The molecule has 0 N–H and O–H groups in total. The summed E-state index contributed by atoms with van der Waals surface area (Å²) >= 11 is 0. The highest BCUT2D eigenvalue weighted by molar-refractivity contribution is 6.84. The maximum Gasteiger partial charge on any atom is 0.130 e. The van der Waals surface area contributed by atoms with Gasteiger partial charge >= 0.3 is 0 Å². The lowest BCUT2D eigenvalue weighted by Crippen LogP contribution is -2.30. The summed E-state index contributed by atoms with van der Waals surface area (Å²) in [6.07, 6.45) is 24.5. The SMILES string of the molecule is C[SiH]1C2=CCC3C(=C2c2ccc(N(C4=CCCC=C4)C4=CC=C(C5=c6ccccc6=CCC5)CC4)cc21)Oc1ccccc13. The van der Waals surface area contributed by atoms with Crippen LogP contribution in [0.3, 0.4) is 0 Å². The molecule has 0 bridgehead atoms. The third-order valence-electron chi connectivity index (χ3n) is 10.5. The van der Waals surface area contributed by atoms with Crippen LogP contribution in [0.15, 0.2) is 131 Å². The highest BCUT2D eigenvalue weighted by Crippen LogP contribution is 2.52. The van der Waals surface area contributed by atoms with Gasteiger partial charge in [-0.1, -0.05) is 90.7 Å². The number of rotatable bonds is 4. The Morgan fingerprint density at radius 1 is 0.841 bits per heavy atom. The summed E-state index contributed by atoms with van der Waals surface area (Å²) in [5, 5.41) is 5.95. The van der Waals surface area contributed by atoms with E-state index in [-0.39, 0.29) is 0 Å². The summed E-state index contributed by atoms with van der Waals surface area (Å²) in [4.78, 5) is 2.55. The van der Waals surface area contributed by atoms with Gasteiger partial charge in [0.2, 0.25) is 0 Å². The minimum Gasteiger partial charge on any atom is -0.460 e. The Morgan fingerprint density at radius 2 is 1.75 bits per heavy atom. The second kappa shape index (κ2) is 10.4. The van der Waals surface area contributed by atoms with Crippen LogP contribution in [0.25, 0.3) is 17.2 Å². The minimum absolute atomic E-state index is 0.353. The largest absolute Gasteiger partial charge is 0.460 e. The molecule has 2 heterocycles. The number of nitrogens with zero attached hydrogens (tertiary/aromatic N) is 1. The van der Waals surface area contributed by atoms with E-state index in [9.17, 15) is 0 Å². The van der Waals surface area contributed by atoms with Gasteiger partial charge in [0.15, 0.2) is 0 Å². The molecule has 0 fully saturated rings. The molecule has 0 saturated heterocycles. The van der Waals surface area contributed by atoms with Crippen molar-refractivity contribution in [1.82, 2.24) is 0 Å². The van der Waals surface area contributed by atoms with Crippen molar-refractivity contribution in [3.8, 4) is 5.75 Å². The molecule has 2 nitrogen and oxygen atoms in total. The maximum absolute atomic E-state index is 6.59. The molecule has 216 valence electrons. The average molecular weight is 588 g/mol. The highest BCUT2D eigenvalue weighted by atomic mass is 28.3. The molecule has 9 rings (SSSR count). The summed E-state index contributed by atoms with van der Waals surface area (Å²) in [6, 6.07) is 24.8. The zero-order valence-electron chi connectivity index (χ0n) is 25.4. The second-order valence-electron chi connectivity index (χ2n) is 12.9. The molecule has 3 heteroatoms. The maximum atomic E-state index is 6.59. The fourth-order valence-corrected chi connectivity index (χ4v) is 11.0. The number of allylic oxidation sites excluding steroid dienone is 11. The standard InChI is InChI=1S/C41H37NOSi/c1-44-38-25-24-35-34-15-7-8-17-37(34)43-41(35)40(38)36-23-22-31(26-39(36)44)42(29-12-3-2-4-13-29)30-20-18-28(19-21-30)33-16-9-11-27-10-5-6-14-32(27)33/h3,5-8,10-15,17-18,20,22-23,25-26,35,44H,2,4,9,16,19,21,24H2,1H3. The lowest BCUT2D eigenvalue weighted by Gasteiger charge is -2.32. The molecule has 6 aliphatic rings. The molecular formula is C41H37NOSi. The van der Waals surface area contributed by atoms with E-state index in [0.717, 1.165) is 50.7 Å². The zero-order chi connectivity index (χ0) is 29.2. The van der Waals surface area contributed by atoms with Crippen LogP contribution >= 0.6 is 0 Å². The van der Waals surface area contributed by atoms with E-state index in [2.05, 4.69) is 121 Å². The Balaban J connectivity index is 1.12. The molecule has 4 aliphatic carbocycles. The van der Waals surface area contributed by atoms with Gasteiger partial charge in [0, 0.05) is 34.1 Å². The number of benzene rings is 3. The molecular weight excluding hydrogens is 551 g/mol. The summed E-state index contributed by atoms with van der Waals surface area (Å²) in [6.45, 7) is 2.51. The van der Waals surface area contributed by atoms with Gasteiger partial charge in [-0.25, -0.2) is 0 Å². The predicted octanol–water partition coefficient (Wildman–Crippen LogP) is 7.59. The quantitative estimate of drug-likeness (QED) is 0.292. The summed E-state index contributed by atoms with van der Waals surface area (Å²) < 4.78 is 6.59. The topological polar surface area (TPSA) is 12.5 Å². The molecule has 2 aliphatic heterocycles. The van der Waals surface area contributed by atoms with Crippen LogP contribution in [0.2, 0.25) is 6.55 Å². The van der Waals surface area contributed by atoms with E-state index < -0.39 is 8.80 Å². The van der Waals surface area contributed by atoms with Crippen LogP contribution in [-0.2, 0) is 0 Å². The molecule has 0 saturated carbocycles. The fourth-order valence-electron chi connectivity index (χ4n) is 8.36. The molecule has 2 atom stereocenters. The van der Waals surface area contributed by atoms with Crippen molar-refractivity contribution >= 4 is 36.9 Å². The number of anilines is 1. The van der Waals surface area contributed by atoms with Gasteiger partial charge in [-0.15, -0.1) is 0 Å². The van der Waals surface area contributed by atoms with Crippen molar-refractivity contribution in [1.29, 1.82) is 0 Å². The van der Waals surface area contributed by atoms with E-state index in [1.165, 1.54) is 55.6 Å². The average Bonchev–Trinajstić information content (AvgIpc) is 3.60. The summed E-state index contributed by atoms with van der Waals surface area (Å²) in [7, 11) is -1.33. The molecule has 0 spiro atoms. The van der Waals surface area contributed by atoms with Gasteiger partial charge in [-0.3, -0.25) is 0 Å². The minimum atomic E-state index is -1.33. The predicted molar refractivity (Wildman–Crippen MR) is 186 cm³/mol. The number of ether oxygens (including phenoxy) is 1. The zero-order valence-corrected chi connectivity index (χ0v) is 26.5. The van der Waals surface area contributed by atoms with Gasteiger partial charge in [0.25, 0.3) is 0 Å². The molecule has 0 radical (unpaired) electrons. The Hall–Kier alpha value is -4.34. The first-order chi connectivity index (χ1) is 21.7. The van der Waals surface area contributed by atoms with Gasteiger partial charge in [-0.05, 0) is 108 Å². The fraction of sp³-hybridized carbons (Fsp3) is 0.220. The van der Waals surface area contributed by atoms with Crippen molar-refractivity contribution < 1.29 is 4.74 Å². The van der Waals surface area contributed by atoms with Gasteiger partial charge in [-0.2, -0.15) is 0 Å². The van der Waals surface area contributed by atoms with Crippen LogP contribution in [-0.4, -0.2) is 8.80 Å². The van der Waals surface area contributed by atoms with E-state index in [0.29, 0.717) is 5.92 Å². The van der Waals surface area contributed by atoms with Crippen molar-refractivity contribution in [3.05, 3.63) is 153 Å². The van der Waals surface area contributed by atoms with Crippen LogP contribution in [0, 0.1) is 0 Å². The molecule has 0 aromatic heterocycles. The van der Waals surface area contributed by atoms with Crippen molar-refractivity contribution in [3.63, 3.8) is 0 Å². The first-order valence-corrected chi connectivity index (χ1v) is 18.8. The Kier molecular flexibility index (Phi) is 6.16. The van der Waals surface area contributed by atoms with Crippen LogP contribution < -0.4 is 25.3 Å². The lowest BCUT2D eigenvalue weighted by molar-refractivity contribution is 0.428. The van der Waals surface area contributed by atoms with Crippen LogP contribution in [0.4, 0.5) is 5.69 Å². The van der Waals surface area contributed by atoms with E-state index in [1.54, 1.807) is 16.0 Å². The molecule has 3 aromatic rings. The number of hydrogen-bond acceptors (Lipinski definition) is 2. The van der Waals surface area contributed by atoms with Crippen LogP contribution in [0.5, 0.6) is 5.75 Å². The highest BCUT2D eigenvalue weighted by Gasteiger charge is 2.41. The van der Waals surface area contributed by atoms with Crippen LogP contribution in [0.1, 0.15) is 62.0 Å². The Labute approximate surface area is 261 Å². The number of para-hydroxylation sites is 1. The molecule has 0 amide bonds. The van der Waals surface area contributed by atoms with Gasteiger partial charge in [0.1, 0.15) is 20.3 Å². The lowest BCUT2D eigenvalue weighted by atomic mass is 9.87. The third kappa shape index (κ3) is 4.06. The van der Waals surface area contributed by atoms with Gasteiger partial charge in [0.05, 0.1) is 0 Å². The summed E-state index contributed by atoms with van der Waals surface area (Å²) in [5.74, 6) is 2.59. The third-order valence-corrected chi connectivity index (χ3v) is 13.4. The van der Waals surface area contributed by atoms with Crippen molar-refractivity contribution in [2.45, 2.75) is 57.4 Å². The molecule has 2 unspecified atom stereocenters. The smallest absolute Gasteiger partial charge is 0.130 e. The van der Waals surface area contributed by atoms with E-state index in [1.807, 2.05) is 0 Å². The summed E-state index contributed by atoms with van der Waals surface area (Å²) in [5.41, 5.74) is 11.2. The van der Waals surface area contributed by atoms with Crippen molar-refractivity contribution in [2.24, 2.45) is 0 Å². The molecule has 3 aromatic carbocycles. The second-order valence-corrected chi connectivity index (χ2v) is 15.6. The monoisotopic (exact) mass is 587 g/mol. The Bertz CT molecular complexity index is 2050. The number of fused-ring (bicyclic) bond motifs is 7. The normalized spacial score (nSPS) is 22.7. The van der Waals surface area contributed by atoms with Crippen molar-refractivity contribution in [2.75, 3.05) is 4.90 Å². The van der Waals surface area contributed by atoms with Gasteiger partial charge < -0.3 is 9.64 Å². The van der Waals surface area contributed by atoms with E-state index in [4.69, 9.17) is 4.74 Å². The van der Waals surface area contributed by atoms with E-state index >= 15 is 0 Å². The molecule has 44 heavy (non-hydrogen) atoms. The first-order valence-electron chi connectivity index (χ1n) is 16.5.